The molecule has 0 atom stereocenters. The molecule has 23 heavy (non-hydrogen) atoms. The van der Waals surface area contributed by atoms with Gasteiger partial charge in [0.2, 0.25) is 0 Å². The molecule has 128 valence electrons. The van der Waals surface area contributed by atoms with E-state index in [1.54, 1.807) is 25.0 Å². The fourth-order valence-electron chi connectivity index (χ4n) is 3.64. The molecule has 0 spiro atoms. The van der Waals surface area contributed by atoms with E-state index in [2.05, 4.69) is 15.3 Å². The third-order valence-electron chi connectivity index (χ3n) is 4.92. The van der Waals surface area contributed by atoms with Gasteiger partial charge >= 0.3 is 6.03 Å². The van der Waals surface area contributed by atoms with E-state index in [0.717, 1.165) is 32.2 Å². The maximum atomic E-state index is 12.4. The molecule has 0 unspecified atom stereocenters. The van der Waals surface area contributed by atoms with Crippen LogP contribution in [0, 0.1) is 0 Å². The summed E-state index contributed by atoms with van der Waals surface area (Å²) in [6.45, 7) is 3.51. The third-order valence-corrected chi connectivity index (χ3v) is 4.92. The number of piperazine rings is 1. The highest BCUT2D eigenvalue weighted by Gasteiger charge is 2.27. The molecule has 1 aromatic heterocycles. The number of nitrogens with one attached hydrogen (secondary N) is 1. The summed E-state index contributed by atoms with van der Waals surface area (Å²) >= 11 is 0. The summed E-state index contributed by atoms with van der Waals surface area (Å²) < 4.78 is 6.81. The van der Waals surface area contributed by atoms with Crippen LogP contribution in [0.15, 0.2) is 6.20 Å². The Kier molecular flexibility index (Phi) is 5.05. The molecule has 2 aliphatic rings. The van der Waals surface area contributed by atoms with Crippen LogP contribution in [0.25, 0.3) is 0 Å². The quantitative estimate of drug-likeness (QED) is 0.924. The maximum absolute atomic E-state index is 12.4. The Balaban J connectivity index is 1.51. The second kappa shape index (κ2) is 7.21. The molecule has 7 heteroatoms. The lowest BCUT2D eigenvalue weighted by atomic mass is 9.94. The molecule has 2 fully saturated rings. The van der Waals surface area contributed by atoms with Gasteiger partial charge in [0.15, 0.2) is 0 Å². The molecule has 1 aliphatic carbocycles. The van der Waals surface area contributed by atoms with Crippen molar-refractivity contribution in [1.82, 2.24) is 19.6 Å². The molecular weight excluding hydrogens is 294 g/mol. The van der Waals surface area contributed by atoms with E-state index in [4.69, 9.17) is 4.74 Å². The van der Waals surface area contributed by atoms with Gasteiger partial charge in [0.25, 0.3) is 5.88 Å². The van der Waals surface area contributed by atoms with Crippen LogP contribution < -0.4 is 10.1 Å². The highest BCUT2D eigenvalue weighted by atomic mass is 16.5. The number of hydrogen-bond donors (Lipinski definition) is 1. The number of carbonyl (C=O) groups is 1. The van der Waals surface area contributed by atoms with Crippen molar-refractivity contribution in [2.45, 2.75) is 38.1 Å². The summed E-state index contributed by atoms with van der Waals surface area (Å²) in [6, 6.07) is 0.659. The number of rotatable bonds is 3. The summed E-state index contributed by atoms with van der Waals surface area (Å²) in [4.78, 5) is 16.9. The van der Waals surface area contributed by atoms with E-state index in [0.29, 0.717) is 11.6 Å². The third kappa shape index (κ3) is 3.77. The maximum Gasteiger partial charge on any atom is 0.322 e. The van der Waals surface area contributed by atoms with Crippen LogP contribution >= 0.6 is 0 Å². The molecule has 2 amide bonds. The Labute approximate surface area is 137 Å². The second-order valence-electron chi connectivity index (χ2n) is 6.47. The van der Waals surface area contributed by atoms with Gasteiger partial charge in [-0.15, -0.1) is 5.10 Å². The molecule has 1 N–H and O–H groups in total. The highest BCUT2D eigenvalue weighted by Crippen LogP contribution is 2.24. The Bertz CT molecular complexity index is 531. The van der Waals surface area contributed by atoms with Crippen molar-refractivity contribution in [2.24, 2.45) is 7.05 Å². The van der Waals surface area contributed by atoms with E-state index >= 15 is 0 Å². The van der Waals surface area contributed by atoms with Gasteiger partial charge in [0, 0.05) is 39.3 Å². The molecule has 2 heterocycles. The first-order valence-electron chi connectivity index (χ1n) is 8.55. The number of amides is 2. The first-order chi connectivity index (χ1) is 11.2. The number of ether oxygens (including phenoxy) is 1. The standard InChI is InChI=1S/C16H27N5O2/c1-19-12-14(15(18-19)23-2)17-16(22)21-10-8-20(9-11-21)13-6-4-3-5-7-13/h12-13H,3-11H2,1-2H3,(H,17,22). The minimum atomic E-state index is -0.0698. The molecule has 3 rings (SSSR count). The molecule has 1 saturated carbocycles. The van der Waals surface area contributed by atoms with Crippen LogP contribution in [-0.2, 0) is 7.05 Å². The number of aryl methyl sites for hydroxylation is 1. The molecule has 1 aromatic rings. The minimum absolute atomic E-state index is 0.0698. The van der Waals surface area contributed by atoms with Gasteiger partial charge in [-0.05, 0) is 12.8 Å². The Hall–Kier alpha value is -1.76. The van der Waals surface area contributed by atoms with E-state index < -0.39 is 0 Å². The SMILES string of the molecule is COc1nn(C)cc1NC(=O)N1CCN(C2CCCCC2)CC1. The average Bonchev–Trinajstić information content (AvgIpc) is 2.95. The number of aromatic nitrogens is 2. The number of methoxy groups -OCH3 is 1. The van der Waals surface area contributed by atoms with Gasteiger partial charge < -0.3 is 15.0 Å². The van der Waals surface area contributed by atoms with Crippen LogP contribution in [0.3, 0.4) is 0 Å². The fourth-order valence-corrected chi connectivity index (χ4v) is 3.64. The van der Waals surface area contributed by atoms with Crippen LogP contribution in [0.4, 0.5) is 10.5 Å². The Morgan fingerprint density at radius 1 is 1.22 bits per heavy atom. The van der Waals surface area contributed by atoms with Crippen molar-refractivity contribution >= 4 is 11.7 Å². The zero-order valence-electron chi connectivity index (χ0n) is 14.1. The van der Waals surface area contributed by atoms with Crippen LogP contribution in [0.1, 0.15) is 32.1 Å². The first kappa shape index (κ1) is 16.1. The van der Waals surface area contributed by atoms with Crippen molar-refractivity contribution in [3.05, 3.63) is 6.20 Å². The lowest BCUT2D eigenvalue weighted by molar-refractivity contribution is 0.0943. The highest BCUT2D eigenvalue weighted by molar-refractivity contribution is 5.90. The molecule has 1 saturated heterocycles. The lowest BCUT2D eigenvalue weighted by Gasteiger charge is -2.40. The summed E-state index contributed by atoms with van der Waals surface area (Å²) in [5.74, 6) is 0.446. The smallest absolute Gasteiger partial charge is 0.322 e. The molecular formula is C16H27N5O2. The first-order valence-corrected chi connectivity index (χ1v) is 8.55. The zero-order chi connectivity index (χ0) is 16.2. The van der Waals surface area contributed by atoms with Crippen molar-refractivity contribution in [2.75, 3.05) is 38.6 Å². The van der Waals surface area contributed by atoms with Gasteiger partial charge in [0.1, 0.15) is 5.69 Å². The summed E-state index contributed by atoms with van der Waals surface area (Å²) in [5, 5.41) is 7.06. The molecule has 0 aromatic carbocycles. The van der Waals surface area contributed by atoms with E-state index in [9.17, 15) is 4.79 Å². The van der Waals surface area contributed by atoms with Crippen LogP contribution in [-0.4, -0.2) is 64.9 Å². The molecule has 7 nitrogen and oxygen atoms in total. The topological polar surface area (TPSA) is 62.6 Å². The van der Waals surface area contributed by atoms with E-state index in [-0.39, 0.29) is 6.03 Å². The molecule has 0 bridgehead atoms. The average molecular weight is 321 g/mol. The van der Waals surface area contributed by atoms with Crippen molar-refractivity contribution in [3.63, 3.8) is 0 Å². The number of urea groups is 1. The van der Waals surface area contributed by atoms with Gasteiger partial charge in [-0.3, -0.25) is 9.58 Å². The number of nitrogens with zero attached hydrogens (tertiary/aromatic N) is 4. The summed E-state index contributed by atoms with van der Waals surface area (Å²) in [7, 11) is 3.36. The number of hydrogen-bond acceptors (Lipinski definition) is 4. The predicted octanol–water partition coefficient (Wildman–Crippen LogP) is 1.91. The van der Waals surface area contributed by atoms with Crippen LogP contribution in [0.2, 0.25) is 0 Å². The van der Waals surface area contributed by atoms with Crippen LogP contribution in [0.5, 0.6) is 5.88 Å². The zero-order valence-corrected chi connectivity index (χ0v) is 14.1. The van der Waals surface area contributed by atoms with Gasteiger partial charge in [0.05, 0.1) is 13.3 Å². The van der Waals surface area contributed by atoms with Gasteiger partial charge in [-0.2, -0.15) is 0 Å². The minimum Gasteiger partial charge on any atom is -0.478 e. The fraction of sp³-hybridized carbons (Fsp3) is 0.750. The molecule has 1 aliphatic heterocycles. The van der Waals surface area contributed by atoms with Gasteiger partial charge in [-0.1, -0.05) is 19.3 Å². The monoisotopic (exact) mass is 321 g/mol. The predicted molar refractivity (Wildman–Crippen MR) is 88.8 cm³/mol. The summed E-state index contributed by atoms with van der Waals surface area (Å²) in [5.41, 5.74) is 0.620. The van der Waals surface area contributed by atoms with Crippen molar-refractivity contribution < 1.29 is 9.53 Å². The van der Waals surface area contributed by atoms with Crippen molar-refractivity contribution in [3.8, 4) is 5.88 Å². The Morgan fingerprint density at radius 2 is 1.91 bits per heavy atom. The lowest BCUT2D eigenvalue weighted by Crippen LogP contribution is -2.53. The Morgan fingerprint density at radius 3 is 2.57 bits per heavy atom. The van der Waals surface area contributed by atoms with Crippen molar-refractivity contribution in [1.29, 1.82) is 0 Å². The number of carbonyl (C=O) groups excluding carboxylic acids is 1. The van der Waals surface area contributed by atoms with Gasteiger partial charge in [-0.25, -0.2) is 4.79 Å². The summed E-state index contributed by atoms with van der Waals surface area (Å²) in [6.07, 6.45) is 8.48. The number of anilines is 1. The normalized spacial score (nSPS) is 20.5. The largest absolute Gasteiger partial charge is 0.478 e. The van der Waals surface area contributed by atoms with E-state index in [1.807, 2.05) is 4.90 Å². The second-order valence-corrected chi connectivity index (χ2v) is 6.47. The van der Waals surface area contributed by atoms with E-state index in [1.165, 1.54) is 32.1 Å². The molecule has 0 radical (unpaired) electrons.